The molecule has 114 valence electrons. The minimum absolute atomic E-state index is 0.144. The van der Waals surface area contributed by atoms with Crippen LogP contribution in [0, 0.1) is 20.8 Å². The van der Waals surface area contributed by atoms with E-state index in [0.29, 0.717) is 11.3 Å². The molecule has 2 N–H and O–H groups in total. The van der Waals surface area contributed by atoms with E-state index in [1.165, 1.54) is 6.92 Å². The Labute approximate surface area is 129 Å². The van der Waals surface area contributed by atoms with E-state index in [-0.39, 0.29) is 11.8 Å². The van der Waals surface area contributed by atoms with Crippen molar-refractivity contribution in [3.05, 3.63) is 52.8 Å². The molecule has 0 spiro atoms. The molecule has 0 radical (unpaired) electrons. The van der Waals surface area contributed by atoms with Gasteiger partial charge in [0.2, 0.25) is 5.91 Å². The first kappa shape index (κ1) is 15.7. The molecule has 0 saturated heterocycles. The second-order valence-electron chi connectivity index (χ2n) is 5.25. The van der Waals surface area contributed by atoms with Crippen LogP contribution in [-0.2, 0) is 4.79 Å². The van der Waals surface area contributed by atoms with Crippen LogP contribution in [0.2, 0.25) is 0 Å². The Balaban J connectivity index is 2.17. The lowest BCUT2D eigenvalue weighted by Gasteiger charge is -2.12. The first-order chi connectivity index (χ1) is 10.4. The van der Waals surface area contributed by atoms with Crippen LogP contribution in [0.15, 0.2) is 30.3 Å². The second kappa shape index (κ2) is 6.39. The monoisotopic (exact) mass is 297 g/mol. The van der Waals surface area contributed by atoms with Crippen LogP contribution in [0.3, 0.4) is 0 Å². The molecule has 2 rings (SSSR count). The summed E-state index contributed by atoms with van der Waals surface area (Å²) in [6, 6.07) is 8.68. The lowest BCUT2D eigenvalue weighted by molar-refractivity contribution is -0.114. The Morgan fingerprint density at radius 2 is 1.64 bits per heavy atom. The summed E-state index contributed by atoms with van der Waals surface area (Å²) in [6.07, 6.45) is 0. The first-order valence-corrected chi connectivity index (χ1v) is 7.00. The fourth-order valence-corrected chi connectivity index (χ4v) is 2.31. The van der Waals surface area contributed by atoms with Gasteiger partial charge in [-0.2, -0.15) is 0 Å². The Morgan fingerprint density at radius 1 is 1.00 bits per heavy atom. The number of amides is 2. The molecule has 2 amide bonds. The summed E-state index contributed by atoms with van der Waals surface area (Å²) < 4.78 is 0. The first-order valence-electron chi connectivity index (χ1n) is 7.00. The molecular formula is C17H19N3O2. The number of aromatic nitrogens is 1. The highest BCUT2D eigenvalue weighted by Crippen LogP contribution is 2.20. The third-order valence-corrected chi connectivity index (χ3v) is 3.23. The predicted octanol–water partition coefficient (Wildman–Crippen LogP) is 3.22. The van der Waals surface area contributed by atoms with Crippen LogP contribution in [0.5, 0.6) is 0 Å². The number of hydrogen-bond acceptors (Lipinski definition) is 3. The molecule has 0 bridgehead atoms. The van der Waals surface area contributed by atoms with E-state index in [2.05, 4.69) is 15.6 Å². The van der Waals surface area contributed by atoms with Crippen LogP contribution < -0.4 is 10.6 Å². The van der Waals surface area contributed by atoms with Gasteiger partial charge < -0.3 is 10.6 Å². The zero-order valence-electron chi connectivity index (χ0n) is 13.2. The molecule has 2 aromatic rings. The van der Waals surface area contributed by atoms with E-state index in [1.54, 1.807) is 24.3 Å². The van der Waals surface area contributed by atoms with Crippen LogP contribution in [-0.4, -0.2) is 16.8 Å². The van der Waals surface area contributed by atoms with Crippen LogP contribution in [0.4, 0.5) is 11.4 Å². The number of aryl methyl sites for hydroxylation is 3. The smallest absolute Gasteiger partial charge is 0.255 e. The van der Waals surface area contributed by atoms with Gasteiger partial charge in [-0.25, -0.2) is 0 Å². The Hall–Kier alpha value is -2.69. The average molecular weight is 297 g/mol. The zero-order chi connectivity index (χ0) is 16.3. The van der Waals surface area contributed by atoms with Crippen LogP contribution >= 0.6 is 0 Å². The molecule has 0 unspecified atom stereocenters. The summed E-state index contributed by atoms with van der Waals surface area (Å²) in [5, 5.41) is 5.56. The Morgan fingerprint density at radius 3 is 2.18 bits per heavy atom. The summed E-state index contributed by atoms with van der Waals surface area (Å²) >= 11 is 0. The van der Waals surface area contributed by atoms with Gasteiger partial charge in [0.1, 0.15) is 0 Å². The van der Waals surface area contributed by atoms with E-state index in [9.17, 15) is 9.59 Å². The minimum Gasteiger partial charge on any atom is -0.326 e. The van der Waals surface area contributed by atoms with Crippen molar-refractivity contribution >= 4 is 23.2 Å². The van der Waals surface area contributed by atoms with Gasteiger partial charge in [-0.05, 0) is 56.7 Å². The molecule has 1 aromatic carbocycles. The van der Waals surface area contributed by atoms with Crippen molar-refractivity contribution in [2.45, 2.75) is 27.7 Å². The van der Waals surface area contributed by atoms with Crippen molar-refractivity contribution in [2.75, 3.05) is 10.6 Å². The van der Waals surface area contributed by atoms with Crippen molar-refractivity contribution in [1.82, 2.24) is 4.98 Å². The minimum atomic E-state index is -0.203. The number of nitrogens with one attached hydrogen (secondary N) is 2. The van der Waals surface area contributed by atoms with Crippen LogP contribution in [0.1, 0.15) is 34.2 Å². The van der Waals surface area contributed by atoms with Crippen molar-refractivity contribution < 1.29 is 9.59 Å². The van der Waals surface area contributed by atoms with E-state index < -0.39 is 0 Å². The SMILES string of the molecule is CC(=O)Nc1ccc(C(=O)Nc2c(C)cc(C)nc2C)cc1. The molecule has 0 fully saturated rings. The third-order valence-electron chi connectivity index (χ3n) is 3.23. The molecule has 5 nitrogen and oxygen atoms in total. The van der Waals surface area contributed by atoms with Gasteiger partial charge in [0.25, 0.3) is 5.91 Å². The molecule has 0 saturated carbocycles. The van der Waals surface area contributed by atoms with E-state index in [0.717, 1.165) is 22.6 Å². The van der Waals surface area contributed by atoms with Gasteiger partial charge in [-0.15, -0.1) is 0 Å². The van der Waals surface area contributed by atoms with E-state index >= 15 is 0 Å². The molecule has 5 heteroatoms. The largest absolute Gasteiger partial charge is 0.326 e. The van der Waals surface area contributed by atoms with E-state index in [1.807, 2.05) is 26.8 Å². The molecular weight excluding hydrogens is 278 g/mol. The number of pyridine rings is 1. The molecule has 1 heterocycles. The molecule has 0 aliphatic carbocycles. The fourth-order valence-electron chi connectivity index (χ4n) is 2.31. The molecule has 0 aliphatic heterocycles. The summed E-state index contributed by atoms with van der Waals surface area (Å²) in [7, 11) is 0. The van der Waals surface area contributed by atoms with Gasteiger partial charge in [0.05, 0.1) is 11.4 Å². The van der Waals surface area contributed by atoms with Gasteiger partial charge in [0, 0.05) is 23.9 Å². The number of carbonyl (C=O) groups is 2. The van der Waals surface area contributed by atoms with Gasteiger partial charge in [-0.3, -0.25) is 14.6 Å². The van der Waals surface area contributed by atoms with Crippen molar-refractivity contribution in [1.29, 1.82) is 0 Å². The standard InChI is InChI=1S/C17H19N3O2/c1-10-9-11(2)18-12(3)16(10)20-17(22)14-5-7-15(8-6-14)19-13(4)21/h5-9H,1-4H3,(H,19,21)(H,20,22). The van der Waals surface area contributed by atoms with E-state index in [4.69, 9.17) is 0 Å². The fraction of sp³-hybridized carbons (Fsp3) is 0.235. The van der Waals surface area contributed by atoms with Crippen molar-refractivity contribution in [2.24, 2.45) is 0 Å². The van der Waals surface area contributed by atoms with Crippen LogP contribution in [0.25, 0.3) is 0 Å². The summed E-state index contributed by atoms with van der Waals surface area (Å²) in [6.45, 7) is 7.18. The zero-order valence-corrected chi connectivity index (χ0v) is 13.2. The highest BCUT2D eigenvalue weighted by atomic mass is 16.2. The Kier molecular flexibility index (Phi) is 4.56. The van der Waals surface area contributed by atoms with Gasteiger partial charge in [-0.1, -0.05) is 0 Å². The normalized spacial score (nSPS) is 10.2. The lowest BCUT2D eigenvalue weighted by atomic mass is 10.1. The molecule has 0 atom stereocenters. The summed E-state index contributed by atoms with van der Waals surface area (Å²) in [5.41, 5.74) is 4.62. The Bertz CT molecular complexity index is 698. The number of anilines is 2. The number of hydrogen-bond donors (Lipinski definition) is 2. The topological polar surface area (TPSA) is 71.1 Å². The maximum Gasteiger partial charge on any atom is 0.255 e. The van der Waals surface area contributed by atoms with Gasteiger partial charge in [0.15, 0.2) is 0 Å². The molecule has 0 aliphatic rings. The maximum absolute atomic E-state index is 12.3. The van der Waals surface area contributed by atoms with Crippen molar-refractivity contribution in [3.63, 3.8) is 0 Å². The number of carbonyl (C=O) groups excluding carboxylic acids is 2. The third kappa shape index (κ3) is 3.69. The summed E-state index contributed by atoms with van der Waals surface area (Å²) in [4.78, 5) is 27.7. The highest BCUT2D eigenvalue weighted by Gasteiger charge is 2.11. The summed E-state index contributed by atoms with van der Waals surface area (Å²) in [5.74, 6) is -0.347. The quantitative estimate of drug-likeness (QED) is 0.913. The maximum atomic E-state index is 12.3. The van der Waals surface area contributed by atoms with Crippen molar-refractivity contribution in [3.8, 4) is 0 Å². The number of rotatable bonds is 3. The average Bonchev–Trinajstić information content (AvgIpc) is 2.42. The second-order valence-corrected chi connectivity index (χ2v) is 5.25. The molecule has 22 heavy (non-hydrogen) atoms. The number of benzene rings is 1. The lowest BCUT2D eigenvalue weighted by Crippen LogP contribution is -2.15. The predicted molar refractivity (Wildman–Crippen MR) is 87.1 cm³/mol. The molecule has 1 aromatic heterocycles. The highest BCUT2D eigenvalue weighted by molar-refractivity contribution is 6.05. The van der Waals surface area contributed by atoms with Gasteiger partial charge >= 0.3 is 0 Å². The number of nitrogens with zero attached hydrogens (tertiary/aromatic N) is 1.